The van der Waals surface area contributed by atoms with E-state index in [9.17, 15) is 4.79 Å². The highest BCUT2D eigenvalue weighted by atomic mass is 16.5. The normalized spacial score (nSPS) is 24.2. The van der Waals surface area contributed by atoms with Crippen LogP contribution < -0.4 is 9.47 Å². The zero-order valence-corrected chi connectivity index (χ0v) is 17.5. The summed E-state index contributed by atoms with van der Waals surface area (Å²) >= 11 is 0. The van der Waals surface area contributed by atoms with E-state index >= 15 is 0 Å². The molecule has 154 valence electrons. The number of hydrogen-bond donors (Lipinski definition) is 0. The van der Waals surface area contributed by atoms with Crippen molar-refractivity contribution in [2.45, 2.75) is 44.3 Å². The van der Waals surface area contributed by atoms with E-state index in [2.05, 4.69) is 34.1 Å². The summed E-state index contributed by atoms with van der Waals surface area (Å²) in [7, 11) is 3.40. The number of carbonyl (C=O) groups excluding carboxylic acids is 1. The van der Waals surface area contributed by atoms with E-state index in [4.69, 9.17) is 9.47 Å². The Morgan fingerprint density at radius 2 is 1.83 bits per heavy atom. The maximum atomic E-state index is 12.4. The van der Waals surface area contributed by atoms with Gasteiger partial charge in [0.2, 0.25) is 5.91 Å². The van der Waals surface area contributed by atoms with Crippen LogP contribution in [0.1, 0.15) is 36.8 Å². The summed E-state index contributed by atoms with van der Waals surface area (Å²) < 4.78 is 10.7. The molecule has 0 spiro atoms. The van der Waals surface area contributed by atoms with Crippen molar-refractivity contribution in [3.05, 3.63) is 59.7 Å². The molecule has 4 rings (SSSR count). The molecule has 0 aromatic heterocycles. The van der Waals surface area contributed by atoms with Gasteiger partial charge in [0.15, 0.2) is 0 Å². The van der Waals surface area contributed by atoms with Crippen LogP contribution in [-0.4, -0.2) is 55.1 Å². The molecule has 0 aliphatic carbocycles. The zero-order chi connectivity index (χ0) is 20.4. The largest absolute Gasteiger partial charge is 0.497 e. The molecule has 3 atom stereocenters. The third kappa shape index (κ3) is 3.97. The minimum Gasteiger partial charge on any atom is -0.497 e. The summed E-state index contributed by atoms with van der Waals surface area (Å²) in [5.41, 5.74) is 2.53. The molecule has 0 N–H and O–H groups in total. The summed E-state index contributed by atoms with van der Waals surface area (Å²) in [5.74, 6) is 2.24. The van der Waals surface area contributed by atoms with Gasteiger partial charge in [-0.2, -0.15) is 0 Å². The second kappa shape index (κ2) is 8.46. The van der Waals surface area contributed by atoms with Crippen LogP contribution >= 0.6 is 0 Å². The van der Waals surface area contributed by atoms with Crippen molar-refractivity contribution in [1.29, 1.82) is 0 Å². The van der Waals surface area contributed by atoms with Gasteiger partial charge in [-0.05, 0) is 54.8 Å². The van der Waals surface area contributed by atoms with Crippen LogP contribution in [0.25, 0.3) is 0 Å². The Labute approximate surface area is 173 Å². The second-order valence-corrected chi connectivity index (χ2v) is 8.07. The van der Waals surface area contributed by atoms with E-state index < -0.39 is 0 Å². The molecule has 5 heteroatoms. The van der Waals surface area contributed by atoms with Crippen LogP contribution in [0.5, 0.6) is 11.5 Å². The lowest BCUT2D eigenvalue weighted by molar-refractivity contribution is -0.130. The van der Waals surface area contributed by atoms with Crippen LogP contribution in [0, 0.1) is 0 Å². The smallest absolute Gasteiger partial charge is 0.219 e. The van der Waals surface area contributed by atoms with Gasteiger partial charge in [0.1, 0.15) is 11.5 Å². The number of benzene rings is 2. The molecule has 0 saturated carbocycles. The number of rotatable bonds is 5. The maximum Gasteiger partial charge on any atom is 0.219 e. The first-order valence-electron chi connectivity index (χ1n) is 10.4. The first kappa shape index (κ1) is 19.8. The SMILES string of the molecule is COc1ccc([C@H]2CN(C(C)=O)[C@@H]3CCCN(Cc4cccc(OC)c4)[C@H]23)cc1. The van der Waals surface area contributed by atoms with Gasteiger partial charge < -0.3 is 14.4 Å². The molecular formula is C24H30N2O3. The van der Waals surface area contributed by atoms with E-state index in [0.29, 0.717) is 12.0 Å². The molecule has 0 unspecified atom stereocenters. The fraction of sp³-hybridized carbons (Fsp3) is 0.458. The van der Waals surface area contributed by atoms with E-state index in [0.717, 1.165) is 44.0 Å². The highest BCUT2D eigenvalue weighted by Crippen LogP contribution is 2.41. The van der Waals surface area contributed by atoms with Crippen molar-refractivity contribution in [1.82, 2.24) is 9.80 Å². The summed E-state index contributed by atoms with van der Waals surface area (Å²) in [6, 6.07) is 17.3. The molecule has 2 aliphatic heterocycles. The van der Waals surface area contributed by atoms with Crippen LogP contribution in [0.2, 0.25) is 0 Å². The minimum atomic E-state index is 0.180. The van der Waals surface area contributed by atoms with Crippen molar-refractivity contribution >= 4 is 5.91 Å². The van der Waals surface area contributed by atoms with Gasteiger partial charge in [0.25, 0.3) is 0 Å². The fourth-order valence-electron chi connectivity index (χ4n) is 5.09. The highest BCUT2D eigenvalue weighted by molar-refractivity contribution is 5.74. The Kier molecular flexibility index (Phi) is 5.76. The summed E-state index contributed by atoms with van der Waals surface area (Å²) in [5, 5.41) is 0. The van der Waals surface area contributed by atoms with Crippen LogP contribution in [0.15, 0.2) is 48.5 Å². The summed E-state index contributed by atoms with van der Waals surface area (Å²) in [6.45, 7) is 4.41. The second-order valence-electron chi connectivity index (χ2n) is 8.07. The first-order valence-corrected chi connectivity index (χ1v) is 10.4. The van der Waals surface area contributed by atoms with Gasteiger partial charge in [0.05, 0.1) is 14.2 Å². The predicted molar refractivity (Wildman–Crippen MR) is 113 cm³/mol. The molecule has 1 amide bonds. The lowest BCUT2D eigenvalue weighted by atomic mass is 9.85. The molecular weight excluding hydrogens is 364 g/mol. The minimum absolute atomic E-state index is 0.180. The number of piperidine rings is 1. The lowest BCUT2D eigenvalue weighted by Gasteiger charge is -2.41. The maximum absolute atomic E-state index is 12.4. The molecule has 2 aromatic carbocycles. The molecule has 29 heavy (non-hydrogen) atoms. The molecule has 0 radical (unpaired) electrons. The quantitative estimate of drug-likeness (QED) is 0.776. The number of methoxy groups -OCH3 is 2. The first-order chi connectivity index (χ1) is 14.1. The molecule has 0 bridgehead atoms. The third-order valence-corrected chi connectivity index (χ3v) is 6.44. The van der Waals surface area contributed by atoms with Crippen molar-refractivity contribution in [2.75, 3.05) is 27.3 Å². The van der Waals surface area contributed by atoms with E-state index in [-0.39, 0.29) is 11.9 Å². The topological polar surface area (TPSA) is 42.0 Å². The third-order valence-electron chi connectivity index (χ3n) is 6.44. The Balaban J connectivity index is 1.64. The average Bonchev–Trinajstić information content (AvgIpc) is 3.15. The number of ether oxygens (including phenoxy) is 2. The Hall–Kier alpha value is -2.53. The zero-order valence-electron chi connectivity index (χ0n) is 17.5. The molecule has 2 aliphatic rings. The number of likely N-dealkylation sites (tertiary alicyclic amines) is 2. The van der Waals surface area contributed by atoms with Crippen molar-refractivity contribution < 1.29 is 14.3 Å². The number of amides is 1. The predicted octanol–water partition coefficient (Wildman–Crippen LogP) is 3.68. The molecule has 2 saturated heterocycles. The summed E-state index contributed by atoms with van der Waals surface area (Å²) in [4.78, 5) is 17.1. The fourth-order valence-corrected chi connectivity index (χ4v) is 5.09. The molecule has 2 heterocycles. The number of hydrogen-bond acceptors (Lipinski definition) is 4. The van der Waals surface area contributed by atoms with Crippen molar-refractivity contribution in [3.63, 3.8) is 0 Å². The molecule has 2 fully saturated rings. The van der Waals surface area contributed by atoms with Crippen LogP contribution in [0.4, 0.5) is 0 Å². The van der Waals surface area contributed by atoms with Gasteiger partial charge in [-0.25, -0.2) is 0 Å². The Morgan fingerprint density at radius 3 is 2.52 bits per heavy atom. The lowest BCUT2D eigenvalue weighted by Crippen LogP contribution is -2.51. The van der Waals surface area contributed by atoms with Crippen molar-refractivity contribution in [2.24, 2.45) is 0 Å². The van der Waals surface area contributed by atoms with Gasteiger partial charge in [-0.3, -0.25) is 9.69 Å². The monoisotopic (exact) mass is 394 g/mol. The number of carbonyl (C=O) groups is 1. The van der Waals surface area contributed by atoms with E-state index in [1.807, 2.05) is 24.3 Å². The van der Waals surface area contributed by atoms with Gasteiger partial charge in [-0.15, -0.1) is 0 Å². The Bertz CT molecular complexity index is 851. The van der Waals surface area contributed by atoms with Crippen LogP contribution in [0.3, 0.4) is 0 Å². The van der Waals surface area contributed by atoms with Gasteiger partial charge in [-0.1, -0.05) is 24.3 Å². The van der Waals surface area contributed by atoms with Crippen molar-refractivity contribution in [3.8, 4) is 11.5 Å². The number of nitrogens with zero attached hydrogens (tertiary/aromatic N) is 2. The van der Waals surface area contributed by atoms with Crippen LogP contribution in [-0.2, 0) is 11.3 Å². The molecule has 2 aromatic rings. The average molecular weight is 395 g/mol. The standard InChI is InChI=1S/C24H30N2O3/c1-17(27)26-16-22(19-9-11-20(28-2)12-10-19)24-23(26)8-5-13-25(24)15-18-6-4-7-21(14-18)29-3/h4,6-7,9-12,14,22-24H,5,8,13,15-16H2,1-3H3/t22-,23-,24-/m1/s1. The Morgan fingerprint density at radius 1 is 1.07 bits per heavy atom. The van der Waals surface area contributed by atoms with Gasteiger partial charge in [0, 0.05) is 38.0 Å². The van der Waals surface area contributed by atoms with Gasteiger partial charge >= 0.3 is 0 Å². The highest BCUT2D eigenvalue weighted by Gasteiger charge is 2.47. The molecule has 5 nitrogen and oxygen atoms in total. The number of fused-ring (bicyclic) bond motifs is 1. The van der Waals surface area contributed by atoms with E-state index in [1.54, 1.807) is 21.1 Å². The summed E-state index contributed by atoms with van der Waals surface area (Å²) in [6.07, 6.45) is 2.19. The van der Waals surface area contributed by atoms with E-state index in [1.165, 1.54) is 11.1 Å².